The predicted octanol–water partition coefficient (Wildman–Crippen LogP) is 3.94. The summed E-state index contributed by atoms with van der Waals surface area (Å²) in [6.07, 6.45) is 6.89. The second kappa shape index (κ2) is 7.41. The molecular formula is C17H24FNO. The molecule has 110 valence electrons. The highest BCUT2D eigenvalue weighted by Gasteiger charge is 2.23. The third-order valence-corrected chi connectivity index (χ3v) is 4.24. The molecule has 0 bridgehead atoms. The number of hydrogen-bond acceptors (Lipinski definition) is 1. The fourth-order valence-electron chi connectivity index (χ4n) is 3.12. The highest BCUT2D eigenvalue weighted by Crippen LogP contribution is 2.23. The van der Waals surface area contributed by atoms with E-state index in [2.05, 4.69) is 0 Å². The first-order chi connectivity index (χ1) is 9.72. The Kier molecular flexibility index (Phi) is 5.57. The van der Waals surface area contributed by atoms with Crippen LogP contribution in [-0.2, 0) is 11.2 Å². The lowest BCUT2D eigenvalue weighted by Crippen LogP contribution is -2.41. The van der Waals surface area contributed by atoms with Gasteiger partial charge in [0.25, 0.3) is 0 Å². The monoisotopic (exact) mass is 277 g/mol. The molecule has 0 unspecified atom stereocenters. The van der Waals surface area contributed by atoms with Crippen molar-refractivity contribution in [3.05, 3.63) is 35.6 Å². The minimum absolute atomic E-state index is 0.169. The van der Waals surface area contributed by atoms with Crippen LogP contribution in [0.25, 0.3) is 0 Å². The lowest BCUT2D eigenvalue weighted by Gasteiger charge is -2.33. The Morgan fingerprint density at radius 2 is 1.95 bits per heavy atom. The van der Waals surface area contributed by atoms with E-state index in [-0.39, 0.29) is 11.7 Å². The Balaban J connectivity index is 1.90. The van der Waals surface area contributed by atoms with Gasteiger partial charge in [0, 0.05) is 19.0 Å². The molecule has 2 rings (SSSR count). The van der Waals surface area contributed by atoms with Gasteiger partial charge in [-0.15, -0.1) is 0 Å². The first kappa shape index (κ1) is 15.0. The number of carbonyl (C=O) groups is 1. The van der Waals surface area contributed by atoms with E-state index in [1.807, 2.05) is 17.9 Å². The van der Waals surface area contributed by atoms with E-state index >= 15 is 0 Å². The van der Waals surface area contributed by atoms with E-state index < -0.39 is 0 Å². The topological polar surface area (TPSA) is 20.3 Å². The van der Waals surface area contributed by atoms with Gasteiger partial charge in [0.05, 0.1) is 0 Å². The molecule has 1 aromatic carbocycles. The fraction of sp³-hybridized carbons (Fsp3) is 0.588. The number of halogens is 1. The molecule has 0 radical (unpaired) electrons. The molecule has 0 N–H and O–H groups in total. The Labute approximate surface area is 121 Å². The second-order valence-electron chi connectivity index (χ2n) is 5.56. The van der Waals surface area contributed by atoms with Gasteiger partial charge in [0.2, 0.25) is 5.91 Å². The van der Waals surface area contributed by atoms with Gasteiger partial charge in [-0.25, -0.2) is 4.39 Å². The highest BCUT2D eigenvalue weighted by atomic mass is 19.1. The van der Waals surface area contributed by atoms with Gasteiger partial charge in [0.15, 0.2) is 0 Å². The Hall–Kier alpha value is -1.38. The zero-order valence-electron chi connectivity index (χ0n) is 12.3. The maximum atomic E-state index is 13.6. The van der Waals surface area contributed by atoms with Crippen LogP contribution in [0.4, 0.5) is 4.39 Å². The lowest BCUT2D eigenvalue weighted by atomic mass is 9.94. The third kappa shape index (κ3) is 3.81. The molecule has 20 heavy (non-hydrogen) atoms. The highest BCUT2D eigenvalue weighted by molar-refractivity contribution is 5.76. The van der Waals surface area contributed by atoms with E-state index in [0.29, 0.717) is 24.4 Å². The first-order valence-electron chi connectivity index (χ1n) is 7.75. The van der Waals surface area contributed by atoms with Crippen molar-refractivity contribution >= 4 is 5.91 Å². The molecule has 2 nitrogen and oxygen atoms in total. The number of amides is 1. The summed E-state index contributed by atoms with van der Waals surface area (Å²) in [5, 5.41) is 0. The average Bonchev–Trinajstić information content (AvgIpc) is 2.48. The van der Waals surface area contributed by atoms with Crippen LogP contribution < -0.4 is 0 Å². The first-order valence-corrected chi connectivity index (χ1v) is 7.75. The summed E-state index contributed by atoms with van der Waals surface area (Å²) < 4.78 is 13.6. The minimum atomic E-state index is -0.207. The molecule has 0 aliphatic heterocycles. The normalized spacial score (nSPS) is 16.1. The molecule has 3 heteroatoms. The van der Waals surface area contributed by atoms with Crippen LogP contribution in [0.1, 0.15) is 51.0 Å². The van der Waals surface area contributed by atoms with Gasteiger partial charge in [0.1, 0.15) is 5.82 Å². The summed E-state index contributed by atoms with van der Waals surface area (Å²) in [6, 6.07) is 7.13. The maximum absolute atomic E-state index is 13.6. The molecule has 0 atom stereocenters. The van der Waals surface area contributed by atoms with Crippen molar-refractivity contribution in [3.63, 3.8) is 0 Å². The second-order valence-corrected chi connectivity index (χ2v) is 5.56. The number of aryl methyl sites for hydroxylation is 1. The van der Waals surface area contributed by atoms with Crippen LogP contribution in [0.3, 0.4) is 0 Å². The van der Waals surface area contributed by atoms with Crippen LogP contribution in [0.15, 0.2) is 24.3 Å². The van der Waals surface area contributed by atoms with Gasteiger partial charge in [-0.3, -0.25) is 4.79 Å². The van der Waals surface area contributed by atoms with Crippen LogP contribution in [0.5, 0.6) is 0 Å². The summed E-state index contributed by atoms with van der Waals surface area (Å²) >= 11 is 0. The van der Waals surface area contributed by atoms with Gasteiger partial charge in [-0.05, 0) is 37.8 Å². The van der Waals surface area contributed by atoms with Crippen molar-refractivity contribution < 1.29 is 9.18 Å². The standard InChI is InChI=1S/C17H24FNO/c1-2-19(15-9-4-3-5-10-15)17(20)13-12-14-8-6-7-11-16(14)18/h6-8,11,15H,2-5,9-10,12-13H2,1H3. The number of rotatable bonds is 5. The van der Waals surface area contributed by atoms with Crippen LogP contribution in [0.2, 0.25) is 0 Å². The lowest BCUT2D eigenvalue weighted by molar-refractivity contribution is -0.133. The number of carbonyl (C=O) groups excluding carboxylic acids is 1. The largest absolute Gasteiger partial charge is 0.340 e. The SMILES string of the molecule is CCN(C(=O)CCc1ccccc1F)C1CCCCC1. The summed E-state index contributed by atoms with van der Waals surface area (Å²) in [6.45, 7) is 2.80. The summed E-state index contributed by atoms with van der Waals surface area (Å²) in [5.74, 6) is -0.0383. The molecule has 1 aromatic rings. The molecule has 0 aromatic heterocycles. The number of nitrogens with zero attached hydrogens (tertiary/aromatic N) is 1. The maximum Gasteiger partial charge on any atom is 0.223 e. The quantitative estimate of drug-likeness (QED) is 0.798. The van der Waals surface area contributed by atoms with Crippen molar-refractivity contribution in [1.29, 1.82) is 0 Å². The van der Waals surface area contributed by atoms with Crippen molar-refractivity contribution in [2.45, 2.75) is 57.9 Å². The van der Waals surface area contributed by atoms with Gasteiger partial charge in [-0.2, -0.15) is 0 Å². The van der Waals surface area contributed by atoms with Gasteiger partial charge in [-0.1, -0.05) is 37.5 Å². The molecule has 1 fully saturated rings. The average molecular weight is 277 g/mol. The summed E-state index contributed by atoms with van der Waals surface area (Å²) in [4.78, 5) is 14.4. The fourth-order valence-corrected chi connectivity index (χ4v) is 3.12. The van der Waals surface area contributed by atoms with Gasteiger partial charge >= 0.3 is 0 Å². The zero-order valence-corrected chi connectivity index (χ0v) is 12.3. The van der Waals surface area contributed by atoms with Gasteiger partial charge < -0.3 is 4.90 Å². The van der Waals surface area contributed by atoms with Crippen LogP contribution >= 0.6 is 0 Å². The van der Waals surface area contributed by atoms with Crippen LogP contribution in [0, 0.1) is 5.82 Å². The van der Waals surface area contributed by atoms with Crippen molar-refractivity contribution in [3.8, 4) is 0 Å². The Morgan fingerprint density at radius 3 is 2.60 bits per heavy atom. The smallest absolute Gasteiger partial charge is 0.223 e. The van der Waals surface area contributed by atoms with E-state index in [0.717, 1.165) is 19.4 Å². The number of benzene rings is 1. The van der Waals surface area contributed by atoms with Crippen molar-refractivity contribution in [2.75, 3.05) is 6.54 Å². The zero-order chi connectivity index (χ0) is 14.4. The molecule has 0 saturated heterocycles. The minimum Gasteiger partial charge on any atom is -0.340 e. The predicted molar refractivity (Wildman–Crippen MR) is 79.0 cm³/mol. The van der Waals surface area contributed by atoms with E-state index in [9.17, 15) is 9.18 Å². The molecule has 1 saturated carbocycles. The molecule has 0 spiro atoms. The Morgan fingerprint density at radius 1 is 1.25 bits per heavy atom. The third-order valence-electron chi connectivity index (χ3n) is 4.24. The van der Waals surface area contributed by atoms with E-state index in [1.54, 1.807) is 12.1 Å². The Bertz CT molecular complexity index is 440. The summed E-state index contributed by atoms with van der Waals surface area (Å²) in [5.41, 5.74) is 0.639. The molecule has 0 heterocycles. The van der Waals surface area contributed by atoms with Crippen molar-refractivity contribution in [1.82, 2.24) is 4.90 Å². The molecule has 1 aliphatic rings. The molecular weight excluding hydrogens is 253 g/mol. The molecule has 1 aliphatic carbocycles. The molecule has 1 amide bonds. The number of hydrogen-bond donors (Lipinski definition) is 0. The van der Waals surface area contributed by atoms with Crippen molar-refractivity contribution in [2.24, 2.45) is 0 Å². The van der Waals surface area contributed by atoms with E-state index in [4.69, 9.17) is 0 Å². The van der Waals surface area contributed by atoms with Crippen LogP contribution in [-0.4, -0.2) is 23.4 Å². The van der Waals surface area contributed by atoms with E-state index in [1.165, 1.54) is 25.3 Å². The summed E-state index contributed by atoms with van der Waals surface area (Å²) in [7, 11) is 0.